The Labute approximate surface area is 372 Å². The van der Waals surface area contributed by atoms with Crippen molar-refractivity contribution in [3.05, 3.63) is 77.1 Å². The molecule has 3 aliphatic heterocycles. The summed E-state index contributed by atoms with van der Waals surface area (Å²) in [5.74, 6) is -2.23. The number of nitrogens with zero attached hydrogens (tertiary/aromatic N) is 8. The Balaban J connectivity index is 0.829. The second-order valence-electron chi connectivity index (χ2n) is 17.2. The summed E-state index contributed by atoms with van der Waals surface area (Å²) in [6.45, 7) is 1.21. The minimum atomic E-state index is -4.17. The smallest absolute Gasteiger partial charge is 0.329 e. The maximum Gasteiger partial charge on any atom is 0.329 e. The number of nitrogens with one attached hydrogen (secondary N) is 2. The first-order chi connectivity index (χ1) is 31.2. The van der Waals surface area contributed by atoms with Crippen molar-refractivity contribution in [3.63, 3.8) is 0 Å². The van der Waals surface area contributed by atoms with Crippen molar-refractivity contribution in [3.8, 4) is 17.6 Å². The number of fused-ring (bicyclic) bond motifs is 2. The topological polar surface area (TPSA) is 208 Å². The van der Waals surface area contributed by atoms with Crippen LogP contribution in [0.4, 0.5) is 29.5 Å². The van der Waals surface area contributed by atoms with Gasteiger partial charge in [0.2, 0.25) is 5.91 Å². The first-order valence-electron chi connectivity index (χ1n) is 21.5. The molecule has 4 fully saturated rings. The van der Waals surface area contributed by atoms with Gasteiger partial charge in [-0.2, -0.15) is 23.1 Å². The molecule has 1 spiro atoms. The predicted molar refractivity (Wildman–Crippen MR) is 231 cm³/mol. The third-order valence-electron chi connectivity index (χ3n) is 13.3. The first kappa shape index (κ1) is 44.3. The lowest BCUT2D eigenvalue weighted by Gasteiger charge is -2.45. The molecule has 0 bridgehead atoms. The highest BCUT2D eigenvalue weighted by Gasteiger charge is 2.46. The van der Waals surface area contributed by atoms with Crippen LogP contribution in [0.3, 0.4) is 0 Å². The molecule has 1 saturated carbocycles. The normalized spacial score (nSPS) is 22.8. The SMILES string of the molecule is CN(CCO)S(=O)(=O)Nc1ccc(F)c(Oc2ccc3ncc([C@@H]4COC5(CCN(C6CCC(c7cc8c(cc7F)c(N7CCC(=O)NC7=O)nn8C)CC6F)CC5)C4)nc3c2)c1C#N. The maximum absolute atomic E-state index is 16.1. The Kier molecular flexibility index (Phi) is 11.9. The average molecular weight is 917 g/mol. The molecule has 4 atom stereocenters. The van der Waals surface area contributed by atoms with Gasteiger partial charge in [-0.15, -0.1) is 0 Å². The molecule has 3 amide bonds. The van der Waals surface area contributed by atoms with Crippen LogP contribution < -0.4 is 19.7 Å². The van der Waals surface area contributed by atoms with E-state index in [1.54, 1.807) is 42.2 Å². The number of hydrogen-bond acceptors (Lipinski definition) is 12. The number of benzene rings is 3. The van der Waals surface area contributed by atoms with Crippen LogP contribution in [0.5, 0.6) is 11.5 Å². The van der Waals surface area contributed by atoms with E-state index in [0.29, 0.717) is 85.0 Å². The zero-order valence-electron chi connectivity index (χ0n) is 35.6. The molecule has 4 aliphatic rings. The molecule has 5 heterocycles. The van der Waals surface area contributed by atoms with Crippen LogP contribution in [-0.4, -0.2) is 119 Å². The first-order valence-corrected chi connectivity index (χ1v) is 22.9. The Morgan fingerprint density at radius 1 is 1.08 bits per heavy atom. The van der Waals surface area contributed by atoms with E-state index < -0.39 is 52.0 Å². The lowest BCUT2D eigenvalue weighted by atomic mass is 9.78. The number of nitriles is 1. The number of amides is 3. The number of halogens is 3. The van der Waals surface area contributed by atoms with Crippen LogP contribution in [-0.2, 0) is 26.8 Å². The molecule has 0 radical (unpaired) electrons. The van der Waals surface area contributed by atoms with Crippen molar-refractivity contribution in [2.75, 3.05) is 56.1 Å². The molecule has 3 aromatic carbocycles. The van der Waals surface area contributed by atoms with Gasteiger partial charge in [0.25, 0.3) is 0 Å². The van der Waals surface area contributed by atoms with E-state index in [0.717, 1.165) is 16.4 Å². The van der Waals surface area contributed by atoms with Gasteiger partial charge in [0, 0.05) is 76.3 Å². The number of likely N-dealkylation sites (tertiary alicyclic amines) is 1. The van der Waals surface area contributed by atoms with Gasteiger partial charge in [0.1, 0.15) is 29.4 Å². The number of piperidine rings is 1. The minimum Gasteiger partial charge on any atom is -0.453 e. The number of ether oxygens (including phenoxy) is 2. The van der Waals surface area contributed by atoms with Crippen LogP contribution in [0.25, 0.3) is 21.9 Å². The zero-order valence-corrected chi connectivity index (χ0v) is 36.5. The molecule has 21 heteroatoms. The van der Waals surface area contributed by atoms with Gasteiger partial charge in [0.15, 0.2) is 17.4 Å². The molecule has 3 N–H and O–H groups in total. The molecular weight excluding hydrogens is 870 g/mol. The van der Waals surface area contributed by atoms with Gasteiger partial charge >= 0.3 is 16.2 Å². The van der Waals surface area contributed by atoms with Crippen molar-refractivity contribution >= 4 is 55.6 Å². The summed E-state index contributed by atoms with van der Waals surface area (Å²) in [4.78, 5) is 37.2. The summed E-state index contributed by atoms with van der Waals surface area (Å²) in [7, 11) is -1.22. The van der Waals surface area contributed by atoms with E-state index in [1.165, 1.54) is 18.0 Å². The molecule has 3 unspecified atom stereocenters. The molecule has 342 valence electrons. The minimum absolute atomic E-state index is 0.0763. The highest BCUT2D eigenvalue weighted by atomic mass is 32.2. The third-order valence-corrected chi connectivity index (χ3v) is 14.8. The number of urea groups is 1. The number of anilines is 2. The number of carbonyl (C=O) groups is 2. The summed E-state index contributed by atoms with van der Waals surface area (Å²) in [6, 6.07) is 10.8. The number of rotatable bonds is 11. The molecular formula is C44H47F3N10O7S. The van der Waals surface area contributed by atoms with Gasteiger partial charge < -0.3 is 14.6 Å². The molecule has 17 nitrogen and oxygen atoms in total. The summed E-state index contributed by atoms with van der Waals surface area (Å²) in [5, 5.41) is 26.3. The van der Waals surface area contributed by atoms with Gasteiger partial charge in [-0.1, -0.05) is 0 Å². The van der Waals surface area contributed by atoms with E-state index in [1.807, 2.05) is 6.07 Å². The van der Waals surface area contributed by atoms with Crippen LogP contribution in [0, 0.1) is 23.0 Å². The van der Waals surface area contributed by atoms with Crippen LogP contribution in [0.15, 0.2) is 48.7 Å². The largest absolute Gasteiger partial charge is 0.453 e. The lowest BCUT2D eigenvalue weighted by Crippen LogP contribution is -2.52. The van der Waals surface area contributed by atoms with Gasteiger partial charge in [-0.3, -0.25) is 34.3 Å². The number of aryl methyl sites for hydroxylation is 1. The van der Waals surface area contributed by atoms with E-state index >= 15 is 13.2 Å². The average Bonchev–Trinajstić information content (AvgIpc) is 3.84. The summed E-state index contributed by atoms with van der Waals surface area (Å²) >= 11 is 0. The van der Waals surface area contributed by atoms with Crippen molar-refractivity contribution < 1.29 is 45.8 Å². The van der Waals surface area contributed by atoms with E-state index in [9.17, 15) is 23.3 Å². The molecule has 65 heavy (non-hydrogen) atoms. The highest BCUT2D eigenvalue weighted by molar-refractivity contribution is 7.90. The number of alkyl halides is 1. The van der Waals surface area contributed by atoms with Crippen molar-refractivity contribution in [2.24, 2.45) is 7.05 Å². The zero-order chi connectivity index (χ0) is 45.8. The van der Waals surface area contributed by atoms with Gasteiger partial charge in [-0.05, 0) is 86.4 Å². The number of aliphatic hydroxyl groups excluding tert-OH is 1. The lowest BCUT2D eigenvalue weighted by molar-refractivity contribution is -0.120. The second kappa shape index (κ2) is 17.5. The van der Waals surface area contributed by atoms with E-state index in [-0.39, 0.29) is 72.5 Å². The number of hydrogen-bond donors (Lipinski definition) is 3. The van der Waals surface area contributed by atoms with Crippen LogP contribution >= 0.6 is 0 Å². The van der Waals surface area contributed by atoms with Crippen molar-refractivity contribution in [2.45, 2.75) is 74.6 Å². The molecule has 3 saturated heterocycles. The Hall–Kier alpha value is -5.92. The fraction of sp³-hybridized carbons (Fsp3) is 0.455. The molecule has 2 aromatic heterocycles. The third kappa shape index (κ3) is 8.56. The number of likely N-dealkylation sites (N-methyl/N-ethyl adjacent to an activating group) is 1. The predicted octanol–water partition coefficient (Wildman–Crippen LogP) is 5.50. The Morgan fingerprint density at radius 2 is 1.88 bits per heavy atom. The fourth-order valence-electron chi connectivity index (χ4n) is 9.71. The summed E-state index contributed by atoms with van der Waals surface area (Å²) in [6.07, 6.45) is 4.08. The monoisotopic (exact) mass is 916 g/mol. The Bertz CT molecular complexity index is 2850. The quantitative estimate of drug-likeness (QED) is 0.150. The van der Waals surface area contributed by atoms with Gasteiger partial charge in [-0.25, -0.2) is 22.9 Å². The van der Waals surface area contributed by atoms with Gasteiger partial charge in [0.05, 0.1) is 46.7 Å². The molecule has 9 rings (SSSR count). The second-order valence-corrected chi connectivity index (χ2v) is 19.0. The van der Waals surface area contributed by atoms with Crippen molar-refractivity contribution in [1.29, 1.82) is 5.26 Å². The van der Waals surface area contributed by atoms with E-state index in [2.05, 4.69) is 25.0 Å². The number of carbonyl (C=O) groups excluding carboxylic acids is 2. The summed E-state index contributed by atoms with van der Waals surface area (Å²) in [5.41, 5.74) is 1.75. The fourth-order valence-corrected chi connectivity index (χ4v) is 10.6. The Morgan fingerprint density at radius 3 is 2.62 bits per heavy atom. The van der Waals surface area contributed by atoms with Crippen LogP contribution in [0.1, 0.15) is 73.6 Å². The summed E-state index contributed by atoms with van der Waals surface area (Å²) < 4.78 is 89.6. The maximum atomic E-state index is 16.1. The standard InChI is InChI=1S/C44H47F3N10O7S/c1-54(15-16-58)65(61,62)53-34-7-5-31(45)41(30(34)22-48)64-27-4-6-35-36(18-27)50-37(23-49-35)26-21-44(63-24-26)10-13-56(14-11-44)38-8-3-25(17-33(38)47)28-20-39-29(19-32(28)46)42(52-55(39)2)57-12-9-40(59)51-43(57)60/h4-7,18-20,23,25-26,33,38,53,58H,3,8-17,21,24H2,1-2H3,(H,51,59,60)/t25?,26-,33?,38?/m0/s1. The molecule has 1 aliphatic carbocycles. The van der Waals surface area contributed by atoms with Crippen LogP contribution in [0.2, 0.25) is 0 Å². The number of aromatic nitrogens is 4. The molecule has 5 aromatic rings. The number of imide groups is 1. The van der Waals surface area contributed by atoms with Crippen molar-refractivity contribution in [1.82, 2.24) is 34.3 Å². The van der Waals surface area contributed by atoms with E-state index in [4.69, 9.17) is 19.6 Å². The highest BCUT2D eigenvalue weighted by Crippen LogP contribution is 2.45. The number of aliphatic hydroxyl groups is 1.